The third-order valence-corrected chi connectivity index (χ3v) is 5.43. The minimum atomic E-state index is -3.60. The van der Waals surface area contributed by atoms with Gasteiger partial charge in [0.25, 0.3) is 0 Å². The van der Waals surface area contributed by atoms with Crippen LogP contribution in [0, 0.1) is 20.8 Å². The maximum atomic E-state index is 12.5. The second kappa shape index (κ2) is 7.36. The molecule has 0 saturated carbocycles. The molecule has 2 aromatic heterocycles. The number of nitrogens with zero attached hydrogens (tertiary/aromatic N) is 5. The van der Waals surface area contributed by atoms with E-state index in [1.165, 1.54) is 0 Å². The quantitative estimate of drug-likeness (QED) is 0.690. The van der Waals surface area contributed by atoms with Crippen molar-refractivity contribution in [1.29, 1.82) is 0 Å². The first-order valence-electron chi connectivity index (χ1n) is 7.88. The molecule has 0 spiro atoms. The van der Waals surface area contributed by atoms with Crippen molar-refractivity contribution in [2.24, 2.45) is 7.05 Å². The topological polar surface area (TPSA) is 105 Å². The minimum Gasteiger partial charge on any atom is -0.369 e. The summed E-state index contributed by atoms with van der Waals surface area (Å²) in [5, 5.41) is 7.26. The van der Waals surface area contributed by atoms with E-state index in [0.29, 0.717) is 29.6 Å². The molecule has 2 aromatic rings. The van der Waals surface area contributed by atoms with E-state index in [9.17, 15) is 8.42 Å². The zero-order chi connectivity index (χ0) is 18.8. The van der Waals surface area contributed by atoms with Crippen LogP contribution >= 0.6 is 0 Å². The molecule has 0 fully saturated rings. The molecular weight excluding hydrogens is 342 g/mol. The predicted molar refractivity (Wildman–Crippen MR) is 97.5 cm³/mol. The van der Waals surface area contributed by atoms with E-state index in [4.69, 9.17) is 0 Å². The van der Waals surface area contributed by atoms with Gasteiger partial charge in [0.15, 0.2) is 0 Å². The monoisotopic (exact) mass is 367 g/mol. The molecule has 0 aliphatic heterocycles. The van der Waals surface area contributed by atoms with Gasteiger partial charge in [-0.2, -0.15) is 5.10 Å². The van der Waals surface area contributed by atoms with Crippen molar-refractivity contribution in [3.8, 4) is 0 Å². The molecule has 0 unspecified atom stereocenters. The first-order chi connectivity index (χ1) is 11.6. The standard InChI is InChI=1S/C15H25N7O2S/c1-10-15(11(2)22(6)20-10)25(23,24)17-8-7-16-13-9-14(21(4)5)19-12(3)18-13/h9,17H,7-8H2,1-6H3,(H,16,18,19). The molecule has 0 saturated heterocycles. The van der Waals surface area contributed by atoms with Crippen LogP contribution in [-0.4, -0.2) is 55.4 Å². The van der Waals surface area contributed by atoms with E-state index < -0.39 is 10.0 Å². The number of anilines is 2. The molecule has 0 bridgehead atoms. The smallest absolute Gasteiger partial charge is 0.244 e. The van der Waals surface area contributed by atoms with Crippen LogP contribution in [0.15, 0.2) is 11.0 Å². The van der Waals surface area contributed by atoms with Crippen molar-refractivity contribution in [2.75, 3.05) is 37.4 Å². The Kier molecular flexibility index (Phi) is 5.63. The Labute approximate surface area is 148 Å². The van der Waals surface area contributed by atoms with Gasteiger partial charge in [0.05, 0.1) is 11.4 Å². The van der Waals surface area contributed by atoms with Gasteiger partial charge in [0.1, 0.15) is 22.4 Å². The molecule has 0 atom stereocenters. The molecular formula is C15H25N7O2S. The van der Waals surface area contributed by atoms with Gasteiger partial charge in [-0.3, -0.25) is 4.68 Å². The molecule has 2 N–H and O–H groups in total. The predicted octanol–water partition coefficient (Wildman–Crippen LogP) is 0.592. The number of sulfonamides is 1. The Morgan fingerprint density at radius 1 is 1.16 bits per heavy atom. The zero-order valence-corrected chi connectivity index (χ0v) is 16.3. The van der Waals surface area contributed by atoms with E-state index in [1.54, 1.807) is 25.6 Å². The lowest BCUT2D eigenvalue weighted by atomic mass is 10.4. The third-order valence-electron chi connectivity index (χ3n) is 3.72. The lowest BCUT2D eigenvalue weighted by Crippen LogP contribution is -2.30. The van der Waals surface area contributed by atoms with Crippen molar-refractivity contribution in [2.45, 2.75) is 25.7 Å². The fourth-order valence-electron chi connectivity index (χ4n) is 2.46. The van der Waals surface area contributed by atoms with Gasteiger partial charge in [-0.25, -0.2) is 23.1 Å². The number of hydrogen-bond donors (Lipinski definition) is 2. The van der Waals surface area contributed by atoms with Crippen LogP contribution in [0.5, 0.6) is 0 Å². The summed E-state index contributed by atoms with van der Waals surface area (Å²) in [6.07, 6.45) is 0. The zero-order valence-electron chi connectivity index (χ0n) is 15.5. The summed E-state index contributed by atoms with van der Waals surface area (Å²) < 4.78 is 29.1. The summed E-state index contributed by atoms with van der Waals surface area (Å²) in [6, 6.07) is 1.82. The number of rotatable bonds is 7. The van der Waals surface area contributed by atoms with Crippen LogP contribution in [0.25, 0.3) is 0 Å². The molecule has 9 nitrogen and oxygen atoms in total. The van der Waals surface area contributed by atoms with E-state index in [1.807, 2.05) is 32.0 Å². The Hall–Kier alpha value is -2.20. The fraction of sp³-hybridized carbons (Fsp3) is 0.533. The van der Waals surface area contributed by atoms with Crippen molar-refractivity contribution in [1.82, 2.24) is 24.5 Å². The van der Waals surface area contributed by atoms with Crippen LogP contribution in [0.3, 0.4) is 0 Å². The SMILES string of the molecule is Cc1nc(NCCNS(=O)(=O)c2c(C)nn(C)c2C)cc(N(C)C)n1. The molecule has 2 rings (SSSR count). The highest BCUT2D eigenvalue weighted by atomic mass is 32.2. The second-order valence-electron chi connectivity index (χ2n) is 6.00. The summed E-state index contributed by atoms with van der Waals surface area (Å²) in [5.41, 5.74) is 1.10. The van der Waals surface area contributed by atoms with Crippen molar-refractivity contribution >= 4 is 21.7 Å². The highest BCUT2D eigenvalue weighted by molar-refractivity contribution is 7.89. The average Bonchev–Trinajstić information content (AvgIpc) is 2.76. The van der Waals surface area contributed by atoms with Crippen molar-refractivity contribution < 1.29 is 8.42 Å². The summed E-state index contributed by atoms with van der Waals surface area (Å²) >= 11 is 0. The van der Waals surface area contributed by atoms with Crippen LogP contribution in [-0.2, 0) is 17.1 Å². The highest BCUT2D eigenvalue weighted by Gasteiger charge is 2.23. The van der Waals surface area contributed by atoms with Gasteiger partial charge in [-0.15, -0.1) is 0 Å². The lowest BCUT2D eigenvalue weighted by molar-refractivity contribution is 0.581. The fourth-order valence-corrected chi connectivity index (χ4v) is 3.93. The van der Waals surface area contributed by atoms with Gasteiger partial charge >= 0.3 is 0 Å². The summed E-state index contributed by atoms with van der Waals surface area (Å²) in [5.74, 6) is 2.09. The Morgan fingerprint density at radius 2 is 1.84 bits per heavy atom. The molecule has 2 heterocycles. The van der Waals surface area contributed by atoms with E-state index >= 15 is 0 Å². The minimum absolute atomic E-state index is 0.233. The summed E-state index contributed by atoms with van der Waals surface area (Å²) in [7, 11) is 1.93. The van der Waals surface area contributed by atoms with Gasteiger partial charge in [0, 0.05) is 40.3 Å². The lowest BCUT2D eigenvalue weighted by Gasteiger charge is -2.14. The van der Waals surface area contributed by atoms with Crippen molar-refractivity contribution in [3.63, 3.8) is 0 Å². The number of aryl methyl sites for hydroxylation is 3. The second-order valence-corrected chi connectivity index (χ2v) is 7.70. The van der Waals surface area contributed by atoms with E-state index in [-0.39, 0.29) is 11.4 Å². The van der Waals surface area contributed by atoms with Crippen LogP contribution < -0.4 is 14.9 Å². The van der Waals surface area contributed by atoms with Crippen LogP contribution in [0.2, 0.25) is 0 Å². The summed E-state index contributed by atoms with van der Waals surface area (Å²) in [4.78, 5) is 10.7. The van der Waals surface area contributed by atoms with Gasteiger partial charge in [-0.1, -0.05) is 0 Å². The largest absolute Gasteiger partial charge is 0.369 e. The highest BCUT2D eigenvalue weighted by Crippen LogP contribution is 2.18. The normalized spacial score (nSPS) is 11.6. The first kappa shape index (κ1) is 19.1. The summed E-state index contributed by atoms with van der Waals surface area (Å²) in [6.45, 7) is 5.87. The molecule has 0 amide bonds. The Bertz CT molecular complexity index is 859. The van der Waals surface area contributed by atoms with Gasteiger partial charge in [-0.05, 0) is 20.8 Å². The van der Waals surface area contributed by atoms with E-state index in [2.05, 4.69) is 25.1 Å². The molecule has 0 aliphatic carbocycles. The van der Waals surface area contributed by atoms with Crippen LogP contribution in [0.1, 0.15) is 17.2 Å². The van der Waals surface area contributed by atoms with Crippen LogP contribution in [0.4, 0.5) is 11.6 Å². The maximum Gasteiger partial charge on any atom is 0.244 e. The molecule has 0 aromatic carbocycles. The van der Waals surface area contributed by atoms with Crippen molar-refractivity contribution in [3.05, 3.63) is 23.3 Å². The van der Waals surface area contributed by atoms with Gasteiger partial charge < -0.3 is 10.2 Å². The number of hydrogen-bond acceptors (Lipinski definition) is 7. The van der Waals surface area contributed by atoms with E-state index in [0.717, 1.165) is 5.82 Å². The molecule has 10 heteroatoms. The third kappa shape index (κ3) is 4.45. The maximum absolute atomic E-state index is 12.5. The number of aromatic nitrogens is 4. The van der Waals surface area contributed by atoms with Gasteiger partial charge in [0.2, 0.25) is 10.0 Å². The average molecular weight is 367 g/mol. The Balaban J connectivity index is 1.99. The molecule has 138 valence electrons. The molecule has 0 radical (unpaired) electrons. The molecule has 25 heavy (non-hydrogen) atoms. The first-order valence-corrected chi connectivity index (χ1v) is 9.37. The Morgan fingerprint density at radius 3 is 2.40 bits per heavy atom. The molecule has 0 aliphatic rings. The number of nitrogens with one attached hydrogen (secondary N) is 2.